The summed E-state index contributed by atoms with van der Waals surface area (Å²) in [7, 11) is -3.74. The van der Waals surface area contributed by atoms with Crippen LogP contribution in [0.4, 0.5) is 5.82 Å². The molecule has 0 radical (unpaired) electrons. The number of hydrogen-bond acceptors (Lipinski definition) is 3. The first-order valence-corrected chi connectivity index (χ1v) is 7.60. The summed E-state index contributed by atoms with van der Waals surface area (Å²) in [5.41, 5.74) is 0. The maximum Gasteiger partial charge on any atom is 0.263 e. The van der Waals surface area contributed by atoms with Gasteiger partial charge in [0.15, 0.2) is 0 Å². The van der Waals surface area contributed by atoms with Gasteiger partial charge in [-0.25, -0.2) is 8.42 Å². The van der Waals surface area contributed by atoms with Gasteiger partial charge in [0.1, 0.15) is 5.82 Å². The van der Waals surface area contributed by atoms with E-state index in [1.165, 1.54) is 24.4 Å². The van der Waals surface area contributed by atoms with Crippen LogP contribution in [0.1, 0.15) is 0 Å². The van der Waals surface area contributed by atoms with Gasteiger partial charge in [-0.05, 0) is 34.1 Å². The number of aromatic amines is 1. The molecule has 1 aromatic heterocycles. The number of benzene rings is 1. The number of rotatable bonds is 3. The number of nitrogens with one attached hydrogen (secondary N) is 2. The zero-order valence-electron chi connectivity index (χ0n) is 8.62. The number of hydrogen-bond donors (Lipinski definition) is 2. The predicted octanol–water partition coefficient (Wildman–Crippen LogP) is 3.28. The molecule has 0 fully saturated rings. The van der Waals surface area contributed by atoms with Gasteiger partial charge in [-0.1, -0.05) is 23.2 Å². The van der Waals surface area contributed by atoms with Crippen molar-refractivity contribution in [3.8, 4) is 0 Å². The van der Waals surface area contributed by atoms with Gasteiger partial charge in [-0.15, -0.1) is 0 Å². The van der Waals surface area contributed by atoms with E-state index < -0.39 is 10.0 Å². The lowest BCUT2D eigenvalue weighted by atomic mass is 10.4. The molecule has 96 valence electrons. The van der Waals surface area contributed by atoms with Gasteiger partial charge >= 0.3 is 0 Å². The van der Waals surface area contributed by atoms with E-state index in [-0.39, 0.29) is 15.7 Å². The highest BCUT2D eigenvalue weighted by Crippen LogP contribution is 2.27. The van der Waals surface area contributed by atoms with E-state index in [1.54, 1.807) is 0 Å². The Hall–Kier alpha value is -0.760. The van der Waals surface area contributed by atoms with Crippen molar-refractivity contribution in [1.29, 1.82) is 0 Å². The Labute approximate surface area is 122 Å². The van der Waals surface area contributed by atoms with Crippen LogP contribution in [0.2, 0.25) is 10.0 Å². The second-order valence-corrected chi connectivity index (χ2v) is 6.63. The van der Waals surface area contributed by atoms with Crippen LogP contribution in [0, 0.1) is 0 Å². The number of anilines is 1. The zero-order valence-corrected chi connectivity index (χ0v) is 12.5. The van der Waals surface area contributed by atoms with Crippen molar-refractivity contribution in [2.75, 3.05) is 4.72 Å². The van der Waals surface area contributed by atoms with Crippen LogP contribution in [-0.2, 0) is 10.0 Å². The second-order valence-electron chi connectivity index (χ2n) is 3.27. The molecule has 0 saturated carbocycles. The molecule has 0 aliphatic carbocycles. The fourth-order valence-corrected chi connectivity index (χ4v) is 3.03. The Bertz CT molecular complexity index is 687. The summed E-state index contributed by atoms with van der Waals surface area (Å²) >= 11 is 14.7. The van der Waals surface area contributed by atoms with E-state index in [1.807, 2.05) is 0 Å². The Morgan fingerprint density at radius 2 is 2.00 bits per heavy atom. The molecule has 0 aliphatic heterocycles. The van der Waals surface area contributed by atoms with Gasteiger partial charge in [0, 0.05) is 0 Å². The average Bonchev–Trinajstić information content (AvgIpc) is 2.67. The summed E-state index contributed by atoms with van der Waals surface area (Å²) in [6, 6.07) is 4.05. The molecule has 0 spiro atoms. The quantitative estimate of drug-likeness (QED) is 0.870. The maximum atomic E-state index is 12.0. The molecule has 2 N–H and O–H groups in total. The fraction of sp³-hybridized carbons (Fsp3) is 0. The number of H-pyrrole nitrogens is 1. The molecule has 0 amide bonds. The van der Waals surface area contributed by atoms with Crippen LogP contribution < -0.4 is 4.72 Å². The molecule has 0 unspecified atom stereocenters. The van der Waals surface area contributed by atoms with Crippen molar-refractivity contribution in [1.82, 2.24) is 10.2 Å². The van der Waals surface area contributed by atoms with Crippen molar-refractivity contribution < 1.29 is 8.42 Å². The molecule has 18 heavy (non-hydrogen) atoms. The number of aromatic nitrogens is 2. The average molecular weight is 371 g/mol. The molecule has 0 saturated heterocycles. The molecule has 2 aromatic rings. The first kappa shape index (κ1) is 13.7. The first-order chi connectivity index (χ1) is 8.40. The molecule has 5 nitrogen and oxygen atoms in total. The third kappa shape index (κ3) is 2.80. The minimum absolute atomic E-state index is 0.0124. The van der Waals surface area contributed by atoms with E-state index in [4.69, 9.17) is 23.2 Å². The van der Waals surface area contributed by atoms with E-state index >= 15 is 0 Å². The Morgan fingerprint density at radius 3 is 2.56 bits per heavy atom. The van der Waals surface area contributed by atoms with Crippen LogP contribution in [0.5, 0.6) is 0 Å². The molecule has 0 bridgehead atoms. The SMILES string of the molecule is O=S(=O)(Nc1[nH]ncc1Br)c1ccc(Cl)c(Cl)c1. The molecule has 0 aliphatic rings. The van der Waals surface area contributed by atoms with E-state index in [2.05, 4.69) is 30.8 Å². The van der Waals surface area contributed by atoms with Crippen molar-refractivity contribution >= 4 is 55.0 Å². The smallest absolute Gasteiger partial charge is 0.263 e. The summed E-state index contributed by atoms with van der Waals surface area (Å²) in [5, 5.41) is 6.66. The highest BCUT2D eigenvalue weighted by atomic mass is 79.9. The lowest BCUT2D eigenvalue weighted by molar-refractivity contribution is 0.601. The molecule has 9 heteroatoms. The molecular formula is C9H6BrCl2N3O2S. The van der Waals surface area contributed by atoms with Crippen molar-refractivity contribution in [2.45, 2.75) is 4.90 Å². The molecule has 1 aromatic carbocycles. The lowest BCUT2D eigenvalue weighted by Crippen LogP contribution is -2.13. The first-order valence-electron chi connectivity index (χ1n) is 4.57. The van der Waals surface area contributed by atoms with E-state index in [9.17, 15) is 8.42 Å². The highest BCUT2D eigenvalue weighted by molar-refractivity contribution is 9.10. The molecule has 1 heterocycles. The maximum absolute atomic E-state index is 12.0. The van der Waals surface area contributed by atoms with Crippen molar-refractivity contribution in [3.05, 3.63) is 38.9 Å². The van der Waals surface area contributed by atoms with Crippen molar-refractivity contribution in [3.63, 3.8) is 0 Å². The Kier molecular flexibility index (Phi) is 3.86. The molecule has 0 atom stereocenters. The second kappa shape index (κ2) is 5.08. The van der Waals surface area contributed by atoms with Gasteiger partial charge in [0.05, 0.1) is 25.6 Å². The Morgan fingerprint density at radius 1 is 1.28 bits per heavy atom. The summed E-state index contributed by atoms with van der Waals surface area (Å²) < 4.78 is 26.9. The number of sulfonamides is 1. The van der Waals surface area contributed by atoms with Gasteiger partial charge < -0.3 is 0 Å². The minimum Gasteiger partial charge on any atom is -0.263 e. The van der Waals surface area contributed by atoms with Crippen LogP contribution in [0.15, 0.2) is 33.8 Å². The van der Waals surface area contributed by atoms with Crippen LogP contribution >= 0.6 is 39.1 Å². The largest absolute Gasteiger partial charge is 0.263 e. The van der Waals surface area contributed by atoms with Gasteiger partial charge in [-0.2, -0.15) is 5.10 Å². The predicted molar refractivity (Wildman–Crippen MR) is 73.6 cm³/mol. The minimum atomic E-state index is -3.74. The third-order valence-electron chi connectivity index (χ3n) is 2.03. The molecular weight excluding hydrogens is 365 g/mol. The summed E-state index contributed by atoms with van der Waals surface area (Å²) in [4.78, 5) is 0.0124. The normalized spacial score (nSPS) is 11.5. The fourth-order valence-electron chi connectivity index (χ4n) is 1.18. The third-order valence-corrected chi connectivity index (χ3v) is 4.72. The lowest BCUT2D eigenvalue weighted by Gasteiger charge is -2.07. The number of nitrogens with zero attached hydrogens (tertiary/aromatic N) is 1. The summed E-state index contributed by atoms with van der Waals surface area (Å²) in [6.45, 7) is 0. The highest BCUT2D eigenvalue weighted by Gasteiger charge is 2.17. The van der Waals surface area contributed by atoms with E-state index in [0.717, 1.165) is 0 Å². The van der Waals surface area contributed by atoms with Crippen LogP contribution in [0.25, 0.3) is 0 Å². The van der Waals surface area contributed by atoms with Gasteiger partial charge in [0.25, 0.3) is 10.0 Å². The topological polar surface area (TPSA) is 74.8 Å². The van der Waals surface area contributed by atoms with Gasteiger partial charge in [-0.3, -0.25) is 9.82 Å². The van der Waals surface area contributed by atoms with Gasteiger partial charge in [0.2, 0.25) is 0 Å². The van der Waals surface area contributed by atoms with E-state index in [0.29, 0.717) is 9.50 Å². The number of halogens is 3. The zero-order chi connectivity index (χ0) is 13.3. The van der Waals surface area contributed by atoms with Crippen LogP contribution in [-0.4, -0.2) is 18.6 Å². The van der Waals surface area contributed by atoms with Crippen molar-refractivity contribution in [2.24, 2.45) is 0 Å². The monoisotopic (exact) mass is 369 g/mol. The van der Waals surface area contributed by atoms with Crippen LogP contribution in [0.3, 0.4) is 0 Å². The Balaban J connectivity index is 2.37. The summed E-state index contributed by atoms with van der Waals surface area (Å²) in [6.07, 6.45) is 1.44. The summed E-state index contributed by atoms with van der Waals surface area (Å²) in [5.74, 6) is 0.237. The molecule has 2 rings (SSSR count). The standard InChI is InChI=1S/C9H6BrCl2N3O2S/c10-6-4-13-14-9(6)15-18(16,17)5-1-2-7(11)8(12)3-5/h1-4H,(H2,13,14,15).